The van der Waals surface area contributed by atoms with Gasteiger partial charge in [-0.1, -0.05) is 12.1 Å². The Labute approximate surface area is 397 Å². The molecule has 0 aromatic heterocycles. The average Bonchev–Trinajstić information content (AvgIpc) is 4.26. The first kappa shape index (κ1) is 45.0. The van der Waals surface area contributed by atoms with Crippen LogP contribution in [0.5, 0.6) is 23.0 Å². The summed E-state index contributed by atoms with van der Waals surface area (Å²) in [4.78, 5) is 57.2. The van der Waals surface area contributed by atoms with Gasteiger partial charge in [0, 0.05) is 75.1 Å². The molecule has 0 radical (unpaired) electrons. The van der Waals surface area contributed by atoms with Crippen molar-refractivity contribution in [1.29, 1.82) is 0 Å². The molecular formula is C53H67N3O12. The Hall–Kier alpha value is -4.12. The molecule has 366 valence electrons. The molecule has 4 saturated carbocycles. The number of hydrogen-bond acceptors (Lipinski definition) is 14. The van der Waals surface area contributed by atoms with Gasteiger partial charge in [-0.15, -0.1) is 0 Å². The van der Waals surface area contributed by atoms with Gasteiger partial charge in [0.1, 0.15) is 5.78 Å². The van der Waals surface area contributed by atoms with Crippen molar-refractivity contribution in [2.45, 2.75) is 149 Å². The van der Waals surface area contributed by atoms with Crippen LogP contribution in [0.3, 0.4) is 0 Å². The number of carbonyl (C=O) groups excluding carboxylic acids is 4. The molecule has 2 saturated heterocycles. The molecule has 4 aliphatic heterocycles. The highest BCUT2D eigenvalue weighted by molar-refractivity contribution is 5.91. The van der Waals surface area contributed by atoms with Crippen molar-refractivity contribution in [2.24, 2.45) is 11.8 Å². The normalized spacial score (nSPS) is 33.6. The molecule has 12 rings (SSSR count). The SMILES string of the molecule is O=C(CCCOCCOCCNC(=O)CCOc1ccc2c3c1O[C@@H]1C(=O)CC[C@]4(O)[C@H](C2)N(CC2CC2)CC[C@@]314)CCOc1ccc2c3c1O[C@@H]1C(=O)CC[C@]4(O)[C@H](C2)N(CC2CC2)CC[C@@]314. The fourth-order valence-electron chi connectivity index (χ4n) is 14.4. The summed E-state index contributed by atoms with van der Waals surface area (Å²) >= 11 is 0. The second kappa shape index (κ2) is 17.3. The van der Waals surface area contributed by atoms with Gasteiger partial charge in [-0.25, -0.2) is 0 Å². The van der Waals surface area contributed by atoms with Crippen LogP contribution in [0.4, 0.5) is 0 Å². The van der Waals surface area contributed by atoms with Crippen molar-refractivity contribution < 1.29 is 57.8 Å². The number of likely N-dealkylation sites (tertiary alicyclic amines) is 2. The number of carbonyl (C=O) groups is 4. The van der Waals surface area contributed by atoms with E-state index in [4.69, 9.17) is 28.4 Å². The number of nitrogens with one attached hydrogen (secondary N) is 1. The number of Topliss-reactive ketones (excluding diaryl/α,β-unsaturated/α-hetero) is 3. The van der Waals surface area contributed by atoms with Crippen LogP contribution in [0.1, 0.15) is 112 Å². The lowest BCUT2D eigenvalue weighted by atomic mass is 9.49. The van der Waals surface area contributed by atoms with Crippen LogP contribution in [-0.4, -0.2) is 151 Å². The second-order valence-electron chi connectivity index (χ2n) is 21.8. The zero-order valence-electron chi connectivity index (χ0n) is 39.2. The van der Waals surface area contributed by atoms with Crippen LogP contribution in [0.2, 0.25) is 0 Å². The van der Waals surface area contributed by atoms with Gasteiger partial charge in [0.05, 0.1) is 61.5 Å². The Morgan fingerprint density at radius 3 is 1.69 bits per heavy atom. The number of aliphatic hydroxyl groups is 2. The van der Waals surface area contributed by atoms with Gasteiger partial charge in [0.2, 0.25) is 5.91 Å². The monoisotopic (exact) mass is 937 g/mol. The van der Waals surface area contributed by atoms with E-state index in [-0.39, 0.29) is 61.4 Å². The minimum atomic E-state index is -1.03. The minimum Gasteiger partial charge on any atom is -0.489 e. The van der Waals surface area contributed by atoms with Gasteiger partial charge in [0.25, 0.3) is 0 Å². The van der Waals surface area contributed by atoms with Crippen molar-refractivity contribution in [1.82, 2.24) is 15.1 Å². The quantitative estimate of drug-likeness (QED) is 0.146. The predicted molar refractivity (Wildman–Crippen MR) is 245 cm³/mol. The first-order valence-electron chi connectivity index (χ1n) is 25.9. The summed E-state index contributed by atoms with van der Waals surface area (Å²) in [5.74, 6) is 3.63. The Morgan fingerprint density at radius 2 is 1.16 bits per heavy atom. The smallest absolute Gasteiger partial charge is 0.223 e. The summed E-state index contributed by atoms with van der Waals surface area (Å²) in [5.41, 5.74) is 0.613. The Morgan fingerprint density at radius 1 is 0.647 bits per heavy atom. The van der Waals surface area contributed by atoms with Crippen LogP contribution in [0.25, 0.3) is 0 Å². The zero-order valence-corrected chi connectivity index (χ0v) is 39.2. The lowest BCUT2D eigenvalue weighted by Gasteiger charge is -2.62. The summed E-state index contributed by atoms with van der Waals surface area (Å²) in [6, 6.07) is 7.89. The number of amides is 1. The molecule has 3 N–H and O–H groups in total. The fourth-order valence-corrected chi connectivity index (χ4v) is 14.4. The van der Waals surface area contributed by atoms with Gasteiger partial charge in [-0.2, -0.15) is 0 Å². The Kier molecular flexibility index (Phi) is 11.5. The van der Waals surface area contributed by atoms with Crippen molar-refractivity contribution in [2.75, 3.05) is 72.4 Å². The maximum absolute atomic E-state index is 13.4. The zero-order chi connectivity index (χ0) is 46.4. The number of nitrogens with zero attached hydrogens (tertiary/aromatic N) is 2. The standard InChI is InChI=1S/C53H67N3O12/c57-36(13-23-65-39-9-7-34-28-41-52(61)15-11-37(58)48-50(52,44(34)46(39)67-48)17-20-55(41)30-32-3-4-32)2-1-22-63-26-27-64-25-19-54-43(60)14-24-66-40-10-8-35-29-42-53(62)16-12-38(59)49-51(53,45(35)47(40)68-49)18-21-56(42)31-33-5-6-33/h7-10,32-33,41-42,48-49,61-62H,1-6,11-31H2,(H,54,60)/t41-,42-,48+,49+,50+,51+,52-,53-/m0/s1. The molecule has 6 aliphatic carbocycles. The molecule has 15 heteroatoms. The largest absolute Gasteiger partial charge is 0.489 e. The van der Waals surface area contributed by atoms with Gasteiger partial charge in [-0.3, -0.25) is 29.0 Å². The minimum absolute atomic E-state index is 0.0232. The molecule has 15 nitrogen and oxygen atoms in total. The highest BCUT2D eigenvalue weighted by Crippen LogP contribution is 2.67. The summed E-state index contributed by atoms with van der Waals surface area (Å²) in [6.45, 7) is 5.86. The number of benzene rings is 2. The van der Waals surface area contributed by atoms with Crippen LogP contribution in [0, 0.1) is 11.8 Å². The molecule has 8 atom stereocenters. The molecule has 2 aromatic carbocycles. The average molecular weight is 938 g/mol. The molecule has 10 aliphatic rings. The lowest BCUT2D eigenvalue weighted by molar-refractivity contribution is -0.188. The first-order chi connectivity index (χ1) is 33.0. The van der Waals surface area contributed by atoms with E-state index < -0.39 is 34.2 Å². The van der Waals surface area contributed by atoms with E-state index in [1.54, 1.807) is 0 Å². The summed E-state index contributed by atoms with van der Waals surface area (Å²) in [7, 11) is 0. The summed E-state index contributed by atoms with van der Waals surface area (Å²) in [5, 5.41) is 27.9. The molecular weight excluding hydrogens is 871 g/mol. The molecule has 0 unspecified atom stereocenters. The molecule has 2 aromatic rings. The van der Waals surface area contributed by atoms with Gasteiger partial charge in [-0.05, 0) is 119 Å². The Bertz CT molecular complexity index is 2210. The number of rotatable bonds is 22. The van der Waals surface area contributed by atoms with E-state index >= 15 is 0 Å². The number of hydrogen-bond donors (Lipinski definition) is 3. The van der Waals surface area contributed by atoms with E-state index in [9.17, 15) is 29.4 Å². The van der Waals surface area contributed by atoms with E-state index in [1.807, 2.05) is 12.1 Å². The molecule has 1 amide bonds. The molecule has 2 spiro atoms. The second-order valence-corrected chi connectivity index (χ2v) is 21.8. The summed E-state index contributed by atoms with van der Waals surface area (Å²) in [6.07, 6.45) is 9.28. The lowest BCUT2D eigenvalue weighted by Crippen LogP contribution is -2.76. The third-order valence-electron chi connectivity index (χ3n) is 18.0. The predicted octanol–water partition coefficient (Wildman–Crippen LogP) is 3.69. The third kappa shape index (κ3) is 7.17. The van der Waals surface area contributed by atoms with Crippen molar-refractivity contribution >= 4 is 23.3 Å². The van der Waals surface area contributed by atoms with Gasteiger partial charge < -0.3 is 44.0 Å². The van der Waals surface area contributed by atoms with Crippen molar-refractivity contribution in [3.05, 3.63) is 46.5 Å². The maximum atomic E-state index is 13.4. The number of piperidine rings is 2. The van der Waals surface area contributed by atoms with Crippen molar-refractivity contribution in [3.8, 4) is 23.0 Å². The molecule has 68 heavy (non-hydrogen) atoms. The van der Waals surface area contributed by atoms with Crippen LogP contribution in [0.15, 0.2) is 24.3 Å². The highest BCUT2D eigenvalue weighted by Gasteiger charge is 2.75. The Balaban J connectivity index is 0.539. The number of ether oxygens (including phenoxy) is 6. The highest BCUT2D eigenvalue weighted by atomic mass is 16.5. The van der Waals surface area contributed by atoms with E-state index in [1.165, 1.54) is 25.7 Å². The van der Waals surface area contributed by atoms with E-state index in [2.05, 4.69) is 27.2 Å². The van der Waals surface area contributed by atoms with Crippen molar-refractivity contribution in [3.63, 3.8) is 0 Å². The van der Waals surface area contributed by atoms with Crippen LogP contribution < -0.4 is 24.3 Å². The van der Waals surface area contributed by atoms with Gasteiger partial charge >= 0.3 is 0 Å². The van der Waals surface area contributed by atoms with Crippen LogP contribution in [-0.2, 0) is 52.3 Å². The van der Waals surface area contributed by atoms with Crippen LogP contribution >= 0.6 is 0 Å². The van der Waals surface area contributed by atoms with E-state index in [0.717, 1.165) is 61.3 Å². The molecule has 4 bridgehead atoms. The topological polar surface area (TPSA) is 183 Å². The first-order valence-corrected chi connectivity index (χ1v) is 25.9. The van der Waals surface area contributed by atoms with Gasteiger partial charge in [0.15, 0.2) is 46.8 Å². The number of ketones is 3. The maximum Gasteiger partial charge on any atom is 0.223 e. The molecule has 6 fully saturated rings. The van der Waals surface area contributed by atoms with E-state index in [0.29, 0.717) is 119 Å². The fraction of sp³-hybridized carbons (Fsp3) is 0.698. The third-order valence-corrected chi connectivity index (χ3v) is 18.0. The summed E-state index contributed by atoms with van der Waals surface area (Å²) < 4.78 is 36.6. The molecule has 4 heterocycles.